The molecule has 0 saturated carbocycles. The van der Waals surface area contributed by atoms with Gasteiger partial charge in [0.2, 0.25) is 0 Å². The summed E-state index contributed by atoms with van der Waals surface area (Å²) in [6, 6.07) is 6.44. The van der Waals surface area contributed by atoms with Crippen LogP contribution in [0, 0.1) is 11.3 Å². The first kappa shape index (κ1) is 13.2. The molecule has 0 saturated heterocycles. The Hall–Kier alpha value is -1.86. The van der Waals surface area contributed by atoms with Crippen LogP contribution in [0.15, 0.2) is 18.2 Å². The Balaban J connectivity index is 3.16. The molecule has 1 rings (SSSR count). The second-order valence-electron chi connectivity index (χ2n) is 3.32. The van der Waals surface area contributed by atoms with E-state index in [0.29, 0.717) is 11.1 Å². The molecule has 1 aromatic rings. The average Bonchev–Trinajstić information content (AvgIpc) is 2.38. The molecule has 0 unspecified atom stereocenters. The van der Waals surface area contributed by atoms with Gasteiger partial charge in [0.1, 0.15) is 0 Å². The average molecular weight is 252 g/mol. The van der Waals surface area contributed by atoms with Crippen molar-refractivity contribution in [1.29, 1.82) is 5.26 Å². The fourth-order valence-corrected chi connectivity index (χ4v) is 1.45. The Morgan fingerprint density at radius 3 is 2.71 bits per heavy atom. The molecular formula is C12H10ClNO3. The zero-order valence-corrected chi connectivity index (χ0v) is 9.95. The minimum absolute atomic E-state index is 0.0552. The Labute approximate surface area is 104 Å². The minimum Gasteiger partial charge on any atom is -0.465 e. The van der Waals surface area contributed by atoms with Gasteiger partial charge in [0.25, 0.3) is 0 Å². The molecule has 0 aliphatic rings. The molecule has 0 spiro atoms. The molecule has 4 nitrogen and oxygen atoms in total. The maximum Gasteiger partial charge on any atom is 0.338 e. The molecule has 0 bridgehead atoms. The van der Waals surface area contributed by atoms with Gasteiger partial charge in [-0.05, 0) is 17.7 Å². The number of carbonyl (C=O) groups excluding carboxylic acids is 2. The number of hydrogen-bond donors (Lipinski definition) is 0. The molecule has 0 heterocycles. The summed E-state index contributed by atoms with van der Waals surface area (Å²) in [5, 5.41) is 8.75. The molecule has 0 aromatic heterocycles. The lowest BCUT2D eigenvalue weighted by atomic mass is 10.0. The molecule has 0 aliphatic heterocycles. The summed E-state index contributed by atoms with van der Waals surface area (Å²) in [6.07, 6.45) is 0.0552. The van der Waals surface area contributed by atoms with Gasteiger partial charge in [-0.2, -0.15) is 5.26 Å². The number of benzene rings is 1. The monoisotopic (exact) mass is 251 g/mol. The molecule has 0 aliphatic carbocycles. The number of ketones is 1. The number of methoxy groups -OCH3 is 1. The molecule has 0 atom stereocenters. The van der Waals surface area contributed by atoms with Crippen LogP contribution >= 0.6 is 11.6 Å². The molecular weight excluding hydrogens is 242 g/mol. The third kappa shape index (κ3) is 3.30. The van der Waals surface area contributed by atoms with Crippen molar-refractivity contribution in [3.8, 4) is 6.07 Å². The second-order valence-corrected chi connectivity index (χ2v) is 3.59. The number of carbonyl (C=O) groups is 2. The van der Waals surface area contributed by atoms with Gasteiger partial charge in [-0.1, -0.05) is 6.07 Å². The number of nitrogens with zero attached hydrogens (tertiary/aromatic N) is 1. The second kappa shape index (κ2) is 6.02. The van der Waals surface area contributed by atoms with Crippen LogP contribution in [0.2, 0.25) is 0 Å². The van der Waals surface area contributed by atoms with Gasteiger partial charge in [-0.25, -0.2) is 4.79 Å². The van der Waals surface area contributed by atoms with E-state index in [9.17, 15) is 9.59 Å². The van der Waals surface area contributed by atoms with Crippen LogP contribution in [-0.2, 0) is 16.0 Å². The number of rotatable bonds is 4. The summed E-state index contributed by atoms with van der Waals surface area (Å²) >= 11 is 5.41. The maximum absolute atomic E-state index is 11.5. The summed E-state index contributed by atoms with van der Waals surface area (Å²) in [7, 11) is 1.24. The number of nitriles is 1. The van der Waals surface area contributed by atoms with E-state index in [4.69, 9.17) is 16.9 Å². The Kier molecular flexibility index (Phi) is 4.68. The van der Waals surface area contributed by atoms with Gasteiger partial charge in [0, 0.05) is 6.42 Å². The van der Waals surface area contributed by atoms with Crippen molar-refractivity contribution in [2.24, 2.45) is 0 Å². The highest BCUT2D eigenvalue weighted by atomic mass is 35.5. The lowest BCUT2D eigenvalue weighted by Gasteiger charge is -2.06. The van der Waals surface area contributed by atoms with E-state index in [0.717, 1.165) is 0 Å². The van der Waals surface area contributed by atoms with Crippen LogP contribution < -0.4 is 0 Å². The van der Waals surface area contributed by atoms with Crippen molar-refractivity contribution < 1.29 is 14.3 Å². The lowest BCUT2D eigenvalue weighted by molar-refractivity contribution is -0.116. The van der Waals surface area contributed by atoms with Crippen molar-refractivity contribution in [3.05, 3.63) is 34.9 Å². The molecule has 0 N–H and O–H groups in total. The zero-order valence-electron chi connectivity index (χ0n) is 9.20. The van der Waals surface area contributed by atoms with Crippen molar-refractivity contribution in [2.45, 2.75) is 6.42 Å². The van der Waals surface area contributed by atoms with Gasteiger partial charge in [-0.3, -0.25) is 4.79 Å². The summed E-state index contributed by atoms with van der Waals surface area (Å²) < 4.78 is 4.60. The zero-order chi connectivity index (χ0) is 12.8. The highest BCUT2D eigenvalue weighted by Crippen LogP contribution is 2.14. The molecule has 5 heteroatoms. The predicted octanol–water partition coefficient (Wildman–Crippen LogP) is 1.70. The maximum atomic E-state index is 11.5. The van der Waals surface area contributed by atoms with Crippen molar-refractivity contribution in [1.82, 2.24) is 0 Å². The fraction of sp³-hybridized carbons (Fsp3) is 0.250. The van der Waals surface area contributed by atoms with Crippen molar-refractivity contribution in [2.75, 3.05) is 13.0 Å². The smallest absolute Gasteiger partial charge is 0.338 e. The van der Waals surface area contributed by atoms with Crippen LogP contribution in [0.1, 0.15) is 21.5 Å². The molecule has 0 amide bonds. The number of esters is 1. The number of alkyl halides is 1. The van der Waals surface area contributed by atoms with Crippen molar-refractivity contribution >= 4 is 23.4 Å². The van der Waals surface area contributed by atoms with Crippen LogP contribution in [0.25, 0.3) is 0 Å². The van der Waals surface area contributed by atoms with Crippen LogP contribution in [0.3, 0.4) is 0 Å². The van der Waals surface area contributed by atoms with E-state index in [1.54, 1.807) is 12.1 Å². The van der Waals surface area contributed by atoms with E-state index in [-0.39, 0.29) is 23.6 Å². The van der Waals surface area contributed by atoms with Gasteiger partial charge >= 0.3 is 5.97 Å². The van der Waals surface area contributed by atoms with E-state index >= 15 is 0 Å². The largest absolute Gasteiger partial charge is 0.465 e. The first-order valence-corrected chi connectivity index (χ1v) is 5.34. The lowest BCUT2D eigenvalue weighted by Crippen LogP contribution is -2.11. The number of halogens is 1. The van der Waals surface area contributed by atoms with E-state index in [2.05, 4.69) is 4.74 Å². The molecule has 0 fully saturated rings. The standard InChI is InChI=1S/C12H10ClNO3/c1-17-12(16)11-4-8(7-14)2-3-9(11)5-10(15)6-13/h2-4H,5-6H2,1H3. The van der Waals surface area contributed by atoms with E-state index in [1.165, 1.54) is 13.2 Å². The number of Topliss-reactive ketones (excluding diaryl/α,β-unsaturated/α-hetero) is 1. The summed E-state index contributed by atoms with van der Waals surface area (Å²) in [4.78, 5) is 22.7. The Bertz CT molecular complexity index is 491. The molecule has 88 valence electrons. The SMILES string of the molecule is COC(=O)c1cc(C#N)ccc1CC(=O)CCl. The summed E-state index contributed by atoms with van der Waals surface area (Å²) in [6.45, 7) is 0. The minimum atomic E-state index is -0.570. The van der Waals surface area contributed by atoms with E-state index < -0.39 is 5.97 Å². The number of hydrogen-bond acceptors (Lipinski definition) is 4. The van der Waals surface area contributed by atoms with Crippen LogP contribution in [0.4, 0.5) is 0 Å². The van der Waals surface area contributed by atoms with Gasteiger partial charge < -0.3 is 4.74 Å². The van der Waals surface area contributed by atoms with Gasteiger partial charge in [0.15, 0.2) is 5.78 Å². The third-order valence-corrected chi connectivity index (χ3v) is 2.48. The number of ether oxygens (including phenoxy) is 1. The van der Waals surface area contributed by atoms with E-state index in [1.807, 2.05) is 6.07 Å². The van der Waals surface area contributed by atoms with Gasteiger partial charge in [-0.15, -0.1) is 11.6 Å². The first-order valence-electron chi connectivity index (χ1n) is 4.81. The molecule has 0 radical (unpaired) electrons. The summed E-state index contributed by atoms with van der Waals surface area (Å²) in [5.41, 5.74) is 1.08. The Morgan fingerprint density at radius 2 is 2.18 bits per heavy atom. The first-order chi connectivity index (χ1) is 8.12. The molecule has 17 heavy (non-hydrogen) atoms. The topological polar surface area (TPSA) is 67.2 Å². The Morgan fingerprint density at radius 1 is 1.47 bits per heavy atom. The predicted molar refractivity (Wildman–Crippen MR) is 61.9 cm³/mol. The summed E-state index contributed by atoms with van der Waals surface area (Å²) in [5.74, 6) is -0.873. The van der Waals surface area contributed by atoms with Gasteiger partial charge in [0.05, 0.1) is 30.2 Å². The normalized spacial score (nSPS) is 9.47. The van der Waals surface area contributed by atoms with Crippen LogP contribution in [0.5, 0.6) is 0 Å². The fourth-order valence-electron chi connectivity index (χ4n) is 1.36. The highest BCUT2D eigenvalue weighted by molar-refractivity contribution is 6.27. The van der Waals surface area contributed by atoms with Crippen molar-refractivity contribution in [3.63, 3.8) is 0 Å². The molecule has 1 aromatic carbocycles. The third-order valence-electron chi connectivity index (χ3n) is 2.18. The van der Waals surface area contributed by atoms with Crippen LogP contribution in [-0.4, -0.2) is 24.7 Å². The quantitative estimate of drug-likeness (QED) is 0.603. The highest BCUT2D eigenvalue weighted by Gasteiger charge is 2.14.